The number of rotatable bonds is 8. The van der Waals surface area contributed by atoms with Gasteiger partial charge in [-0.25, -0.2) is 0 Å². The molecule has 3 nitrogen and oxygen atoms in total. The van der Waals surface area contributed by atoms with Gasteiger partial charge in [0.05, 0.1) is 6.61 Å². The van der Waals surface area contributed by atoms with Crippen LogP contribution in [0, 0.1) is 0 Å². The Bertz CT molecular complexity index is 322. The lowest BCUT2D eigenvalue weighted by Crippen LogP contribution is -2.29. The van der Waals surface area contributed by atoms with Gasteiger partial charge in [0.1, 0.15) is 5.75 Å². The molecule has 1 aromatic carbocycles. The molecule has 0 heterocycles. The van der Waals surface area contributed by atoms with Crippen molar-refractivity contribution in [2.75, 3.05) is 6.61 Å². The minimum absolute atomic E-state index is 0.475. The summed E-state index contributed by atoms with van der Waals surface area (Å²) >= 11 is 0. The van der Waals surface area contributed by atoms with Crippen LogP contribution in [-0.4, -0.2) is 23.8 Å². The predicted octanol–water partition coefficient (Wildman–Crippen LogP) is 1.49. The highest BCUT2D eigenvalue weighted by Crippen LogP contribution is 2.09. The second-order valence-corrected chi connectivity index (χ2v) is 3.93. The predicted molar refractivity (Wildman–Crippen MR) is 70.4 cm³/mol. The second kappa shape index (κ2) is 7.93. The van der Waals surface area contributed by atoms with E-state index in [2.05, 4.69) is 6.58 Å². The van der Waals surface area contributed by atoms with E-state index in [1.165, 1.54) is 0 Å². The van der Waals surface area contributed by atoms with Crippen LogP contribution in [0.5, 0.6) is 5.75 Å². The molecule has 0 aliphatic heterocycles. The zero-order valence-electron chi connectivity index (χ0n) is 10.0. The Kier molecular flexibility index (Phi) is 6.44. The van der Waals surface area contributed by atoms with Crippen molar-refractivity contribution in [3.63, 3.8) is 0 Å². The average molecular weight is 234 g/mol. The highest BCUT2D eigenvalue weighted by atomic mass is 16.5. The van der Waals surface area contributed by atoms with Crippen LogP contribution < -0.4 is 10.2 Å². The molecule has 0 saturated heterocycles. The first-order chi connectivity index (χ1) is 8.24. The Balaban J connectivity index is 2.21. The molecule has 1 rings (SSSR count). The molecular formula is C13H19BO3. The van der Waals surface area contributed by atoms with E-state index in [4.69, 9.17) is 14.8 Å². The minimum atomic E-state index is -1.41. The largest absolute Gasteiger partial charge is 0.494 e. The Hall–Kier alpha value is -1.26. The fourth-order valence-electron chi connectivity index (χ4n) is 1.49. The third-order valence-electron chi connectivity index (χ3n) is 2.50. The molecule has 0 amide bonds. The van der Waals surface area contributed by atoms with Crippen LogP contribution >= 0.6 is 0 Å². The van der Waals surface area contributed by atoms with Crippen LogP contribution in [0.1, 0.15) is 25.7 Å². The number of hydrogen-bond donors (Lipinski definition) is 2. The molecule has 0 atom stereocenters. The molecule has 92 valence electrons. The van der Waals surface area contributed by atoms with Crippen molar-refractivity contribution in [3.05, 3.63) is 36.9 Å². The van der Waals surface area contributed by atoms with E-state index in [0.717, 1.165) is 31.4 Å². The van der Waals surface area contributed by atoms with Gasteiger partial charge in [0.15, 0.2) is 0 Å². The van der Waals surface area contributed by atoms with Crippen molar-refractivity contribution < 1.29 is 14.8 Å². The van der Waals surface area contributed by atoms with Gasteiger partial charge in [-0.2, -0.15) is 0 Å². The van der Waals surface area contributed by atoms with Crippen LogP contribution in [-0.2, 0) is 0 Å². The van der Waals surface area contributed by atoms with E-state index in [-0.39, 0.29) is 0 Å². The van der Waals surface area contributed by atoms with Gasteiger partial charge in [-0.1, -0.05) is 18.2 Å². The van der Waals surface area contributed by atoms with Crippen LogP contribution in [0.25, 0.3) is 0 Å². The Morgan fingerprint density at radius 3 is 2.41 bits per heavy atom. The molecule has 0 aliphatic carbocycles. The van der Waals surface area contributed by atoms with E-state index < -0.39 is 7.12 Å². The summed E-state index contributed by atoms with van der Waals surface area (Å²) in [5, 5.41) is 17.8. The molecule has 0 aliphatic rings. The molecule has 0 unspecified atom stereocenters. The van der Waals surface area contributed by atoms with E-state index in [1.54, 1.807) is 24.3 Å². The first-order valence-electron chi connectivity index (χ1n) is 5.94. The van der Waals surface area contributed by atoms with Crippen molar-refractivity contribution in [1.82, 2.24) is 0 Å². The van der Waals surface area contributed by atoms with Gasteiger partial charge in [-0.05, 0) is 43.3 Å². The Morgan fingerprint density at radius 2 is 1.82 bits per heavy atom. The maximum Gasteiger partial charge on any atom is 0.488 e. The SMILES string of the molecule is C=CCCCCCOc1ccc(B(O)O)cc1. The number of allylic oxidation sites excluding steroid dienone is 1. The lowest BCUT2D eigenvalue weighted by Gasteiger charge is -2.06. The van der Waals surface area contributed by atoms with E-state index in [1.807, 2.05) is 6.08 Å². The Labute approximate surface area is 103 Å². The molecule has 0 saturated carbocycles. The second-order valence-electron chi connectivity index (χ2n) is 3.93. The quantitative estimate of drug-likeness (QED) is 0.407. The van der Waals surface area contributed by atoms with Gasteiger partial charge in [-0.15, -0.1) is 6.58 Å². The molecule has 2 N–H and O–H groups in total. The molecular weight excluding hydrogens is 215 g/mol. The summed E-state index contributed by atoms with van der Waals surface area (Å²) in [5.41, 5.74) is 0.475. The zero-order chi connectivity index (χ0) is 12.5. The smallest absolute Gasteiger partial charge is 0.488 e. The molecule has 4 heteroatoms. The minimum Gasteiger partial charge on any atom is -0.494 e. The average Bonchev–Trinajstić information content (AvgIpc) is 2.34. The molecule has 0 aromatic heterocycles. The number of hydrogen-bond acceptors (Lipinski definition) is 3. The van der Waals surface area contributed by atoms with Gasteiger partial charge >= 0.3 is 7.12 Å². The molecule has 0 fully saturated rings. The first-order valence-corrected chi connectivity index (χ1v) is 5.94. The zero-order valence-corrected chi connectivity index (χ0v) is 10.0. The van der Waals surface area contributed by atoms with Gasteiger partial charge in [-0.3, -0.25) is 0 Å². The highest BCUT2D eigenvalue weighted by molar-refractivity contribution is 6.58. The lowest BCUT2D eigenvalue weighted by molar-refractivity contribution is 0.305. The monoisotopic (exact) mass is 234 g/mol. The fraction of sp³-hybridized carbons (Fsp3) is 0.385. The van der Waals surface area contributed by atoms with Crippen molar-refractivity contribution in [2.45, 2.75) is 25.7 Å². The molecule has 0 spiro atoms. The summed E-state index contributed by atoms with van der Waals surface area (Å²) in [6.45, 7) is 4.37. The van der Waals surface area contributed by atoms with Crippen molar-refractivity contribution >= 4 is 12.6 Å². The topological polar surface area (TPSA) is 49.7 Å². The number of benzene rings is 1. The summed E-state index contributed by atoms with van der Waals surface area (Å²) in [7, 11) is -1.41. The van der Waals surface area contributed by atoms with E-state index in [9.17, 15) is 0 Å². The van der Waals surface area contributed by atoms with Gasteiger partial charge in [0.2, 0.25) is 0 Å². The van der Waals surface area contributed by atoms with Crippen LogP contribution in [0.3, 0.4) is 0 Å². The standard InChI is InChI=1S/C13H19BO3/c1-2-3-4-5-6-11-17-13-9-7-12(8-10-13)14(15)16/h2,7-10,15-16H,1,3-6,11H2. The Morgan fingerprint density at radius 1 is 1.12 bits per heavy atom. The molecule has 0 bridgehead atoms. The third kappa shape index (κ3) is 5.57. The third-order valence-corrected chi connectivity index (χ3v) is 2.50. The maximum atomic E-state index is 8.92. The summed E-state index contributed by atoms with van der Waals surface area (Å²) in [6.07, 6.45) is 6.31. The van der Waals surface area contributed by atoms with Gasteiger partial charge < -0.3 is 14.8 Å². The lowest BCUT2D eigenvalue weighted by atomic mass is 9.80. The van der Waals surface area contributed by atoms with Crippen LogP contribution in [0.15, 0.2) is 36.9 Å². The molecule has 0 radical (unpaired) electrons. The van der Waals surface area contributed by atoms with E-state index in [0.29, 0.717) is 12.1 Å². The first kappa shape index (κ1) is 13.8. The summed E-state index contributed by atoms with van der Waals surface area (Å²) in [4.78, 5) is 0. The van der Waals surface area contributed by atoms with Crippen LogP contribution in [0.2, 0.25) is 0 Å². The summed E-state index contributed by atoms with van der Waals surface area (Å²) in [5.74, 6) is 0.762. The van der Waals surface area contributed by atoms with Gasteiger partial charge in [0.25, 0.3) is 0 Å². The summed E-state index contributed by atoms with van der Waals surface area (Å²) < 4.78 is 5.53. The van der Waals surface area contributed by atoms with Crippen molar-refractivity contribution in [1.29, 1.82) is 0 Å². The fourth-order valence-corrected chi connectivity index (χ4v) is 1.49. The molecule has 17 heavy (non-hydrogen) atoms. The normalized spacial score (nSPS) is 10.0. The van der Waals surface area contributed by atoms with Gasteiger partial charge in [0, 0.05) is 0 Å². The van der Waals surface area contributed by atoms with E-state index >= 15 is 0 Å². The van der Waals surface area contributed by atoms with Crippen LogP contribution in [0.4, 0.5) is 0 Å². The van der Waals surface area contributed by atoms with Crippen molar-refractivity contribution in [3.8, 4) is 5.75 Å². The number of unbranched alkanes of at least 4 members (excludes halogenated alkanes) is 3. The summed E-state index contributed by atoms with van der Waals surface area (Å²) in [6, 6.07) is 6.80. The van der Waals surface area contributed by atoms with Crippen molar-refractivity contribution in [2.24, 2.45) is 0 Å². The highest BCUT2D eigenvalue weighted by Gasteiger charge is 2.09. The number of ether oxygens (including phenoxy) is 1. The molecule has 1 aromatic rings. The maximum absolute atomic E-state index is 8.92.